The Hall–Kier alpha value is -3.00. The zero-order chi connectivity index (χ0) is 17.1. The molecule has 0 saturated heterocycles. The van der Waals surface area contributed by atoms with Crippen LogP contribution in [0.1, 0.15) is 10.4 Å². The zero-order valence-electron chi connectivity index (χ0n) is 12.9. The first-order valence-electron chi connectivity index (χ1n) is 7.21. The number of hydrogen-bond donors (Lipinski definition) is 1. The highest BCUT2D eigenvalue weighted by molar-refractivity contribution is 7.13. The summed E-state index contributed by atoms with van der Waals surface area (Å²) in [6.45, 7) is 8.19. The van der Waals surface area contributed by atoms with E-state index in [1.807, 2.05) is 5.38 Å². The maximum Gasteiger partial charge on any atom is 0.254 e. The predicted molar refractivity (Wildman–Crippen MR) is 94.8 cm³/mol. The van der Waals surface area contributed by atoms with Crippen molar-refractivity contribution in [3.8, 4) is 10.8 Å². The van der Waals surface area contributed by atoms with Crippen molar-refractivity contribution in [2.75, 3.05) is 18.8 Å². The number of carbonyl (C=O) groups is 1. The molecule has 0 radical (unpaired) electrons. The van der Waals surface area contributed by atoms with Crippen LogP contribution in [-0.2, 0) is 0 Å². The molecule has 8 heteroatoms. The fourth-order valence-corrected chi connectivity index (χ4v) is 2.86. The molecule has 0 bridgehead atoms. The third-order valence-electron chi connectivity index (χ3n) is 3.32. The van der Waals surface area contributed by atoms with Crippen LogP contribution in [0.15, 0.2) is 49.0 Å². The first kappa shape index (κ1) is 15.9. The minimum atomic E-state index is -0.164. The molecule has 3 rings (SSSR count). The molecule has 3 heterocycles. The number of hydrogen-bond acceptors (Lipinski definition) is 6. The molecule has 0 aliphatic heterocycles. The Kier molecular flexibility index (Phi) is 4.39. The van der Waals surface area contributed by atoms with Gasteiger partial charge >= 0.3 is 0 Å². The number of pyridine rings is 1. The molecule has 0 fully saturated rings. The Morgan fingerprint density at radius 3 is 2.71 bits per heavy atom. The van der Waals surface area contributed by atoms with Gasteiger partial charge in [0.2, 0.25) is 5.82 Å². The number of fused-ring (bicyclic) bond motifs is 1. The summed E-state index contributed by atoms with van der Waals surface area (Å²) in [5, 5.41) is 6.89. The average Bonchev–Trinajstić information content (AvgIpc) is 3.23. The van der Waals surface area contributed by atoms with Gasteiger partial charge in [-0.15, -0.1) is 29.6 Å². The molecule has 0 atom stereocenters. The van der Waals surface area contributed by atoms with E-state index in [2.05, 4.69) is 28.2 Å². The van der Waals surface area contributed by atoms with Crippen LogP contribution in [-0.4, -0.2) is 43.5 Å². The van der Waals surface area contributed by atoms with Crippen molar-refractivity contribution in [1.29, 1.82) is 0 Å². The molecular weight excluding hydrogens is 324 g/mol. The average molecular weight is 340 g/mol. The summed E-state index contributed by atoms with van der Waals surface area (Å²) in [5.41, 5.74) is 6.99. The number of amides is 1. The van der Waals surface area contributed by atoms with Crippen molar-refractivity contribution in [2.45, 2.75) is 0 Å². The molecular formula is C16H16N6OS. The van der Waals surface area contributed by atoms with E-state index in [0.717, 1.165) is 0 Å². The summed E-state index contributed by atoms with van der Waals surface area (Å²) in [5.74, 6) is 0.654. The highest BCUT2D eigenvalue weighted by Gasteiger charge is 2.17. The summed E-state index contributed by atoms with van der Waals surface area (Å²) in [7, 11) is 0. The third kappa shape index (κ3) is 2.91. The van der Waals surface area contributed by atoms with E-state index in [-0.39, 0.29) is 5.91 Å². The maximum atomic E-state index is 12.7. The van der Waals surface area contributed by atoms with Gasteiger partial charge in [0.1, 0.15) is 5.82 Å². The number of nitrogens with two attached hydrogens (primary N) is 1. The predicted octanol–water partition coefficient (Wildman–Crippen LogP) is 2.25. The Bertz CT molecular complexity index is 889. The minimum absolute atomic E-state index is 0.164. The van der Waals surface area contributed by atoms with Gasteiger partial charge in [-0.1, -0.05) is 12.2 Å². The van der Waals surface area contributed by atoms with Crippen molar-refractivity contribution in [3.63, 3.8) is 0 Å². The van der Waals surface area contributed by atoms with E-state index in [0.29, 0.717) is 41.0 Å². The molecule has 2 N–H and O–H groups in total. The van der Waals surface area contributed by atoms with E-state index < -0.39 is 0 Å². The molecule has 0 aromatic carbocycles. The number of rotatable bonds is 6. The highest BCUT2D eigenvalue weighted by Crippen LogP contribution is 2.21. The molecule has 0 aliphatic rings. The van der Waals surface area contributed by atoms with Crippen molar-refractivity contribution >= 4 is 28.7 Å². The number of thiazole rings is 1. The lowest BCUT2D eigenvalue weighted by Gasteiger charge is -2.19. The van der Waals surface area contributed by atoms with Crippen LogP contribution in [0.25, 0.3) is 16.5 Å². The number of nitrogen functional groups attached to an aromatic ring is 1. The van der Waals surface area contributed by atoms with Crippen molar-refractivity contribution < 1.29 is 4.79 Å². The lowest BCUT2D eigenvalue weighted by molar-refractivity contribution is 0.0791. The summed E-state index contributed by atoms with van der Waals surface area (Å²) in [6.07, 6.45) is 5.02. The van der Waals surface area contributed by atoms with Gasteiger partial charge < -0.3 is 10.6 Å². The third-order valence-corrected chi connectivity index (χ3v) is 4.09. The molecule has 122 valence electrons. The van der Waals surface area contributed by atoms with Gasteiger partial charge in [-0.25, -0.2) is 9.97 Å². The molecule has 0 aliphatic carbocycles. The molecule has 1 amide bonds. The van der Waals surface area contributed by atoms with Gasteiger partial charge in [0.15, 0.2) is 10.7 Å². The second kappa shape index (κ2) is 6.63. The van der Waals surface area contributed by atoms with Crippen molar-refractivity contribution in [3.05, 3.63) is 54.6 Å². The van der Waals surface area contributed by atoms with Gasteiger partial charge in [-0.2, -0.15) is 4.52 Å². The largest absolute Gasteiger partial charge is 0.384 e. The molecule has 0 unspecified atom stereocenters. The lowest BCUT2D eigenvalue weighted by Crippen LogP contribution is -2.31. The summed E-state index contributed by atoms with van der Waals surface area (Å²) in [6, 6.07) is 3.26. The van der Waals surface area contributed by atoms with E-state index in [4.69, 9.17) is 5.73 Å². The van der Waals surface area contributed by atoms with Gasteiger partial charge in [-0.3, -0.25) is 4.79 Å². The molecule has 7 nitrogen and oxygen atoms in total. The Labute approximate surface area is 142 Å². The fraction of sp³-hybridized carbons (Fsp3) is 0.125. The Balaban J connectivity index is 2.02. The van der Waals surface area contributed by atoms with Crippen LogP contribution >= 0.6 is 11.3 Å². The van der Waals surface area contributed by atoms with Gasteiger partial charge in [0, 0.05) is 30.2 Å². The molecule has 24 heavy (non-hydrogen) atoms. The van der Waals surface area contributed by atoms with Gasteiger partial charge in [-0.05, 0) is 12.1 Å². The topological polar surface area (TPSA) is 89.4 Å². The van der Waals surface area contributed by atoms with Crippen LogP contribution in [0.4, 0.5) is 5.82 Å². The molecule has 3 aromatic heterocycles. The first-order valence-corrected chi connectivity index (χ1v) is 8.09. The van der Waals surface area contributed by atoms with E-state index in [1.54, 1.807) is 35.4 Å². The fourth-order valence-electron chi connectivity index (χ4n) is 2.29. The van der Waals surface area contributed by atoms with E-state index in [1.165, 1.54) is 15.9 Å². The van der Waals surface area contributed by atoms with Crippen molar-refractivity contribution in [2.24, 2.45) is 0 Å². The SMILES string of the molecule is C=CCN(CC=C)C(=O)c1cc(N)n2nc(-c3nccs3)nc2c1. The summed E-state index contributed by atoms with van der Waals surface area (Å²) < 4.78 is 1.50. The van der Waals surface area contributed by atoms with Crippen LogP contribution in [0.3, 0.4) is 0 Å². The normalized spacial score (nSPS) is 10.7. The van der Waals surface area contributed by atoms with Crippen LogP contribution in [0, 0.1) is 0 Å². The number of carbonyl (C=O) groups excluding carboxylic acids is 1. The minimum Gasteiger partial charge on any atom is -0.384 e. The number of nitrogens with zero attached hydrogens (tertiary/aromatic N) is 5. The zero-order valence-corrected chi connectivity index (χ0v) is 13.7. The first-order chi connectivity index (χ1) is 11.6. The Morgan fingerprint density at radius 2 is 2.08 bits per heavy atom. The quantitative estimate of drug-likeness (QED) is 0.695. The van der Waals surface area contributed by atoms with Gasteiger partial charge in [0.05, 0.1) is 0 Å². The maximum absolute atomic E-state index is 12.7. The van der Waals surface area contributed by atoms with Crippen LogP contribution < -0.4 is 5.73 Å². The molecule has 0 spiro atoms. The lowest BCUT2D eigenvalue weighted by atomic mass is 10.2. The van der Waals surface area contributed by atoms with E-state index >= 15 is 0 Å². The van der Waals surface area contributed by atoms with Gasteiger partial charge in [0.25, 0.3) is 5.91 Å². The van der Waals surface area contributed by atoms with Crippen LogP contribution in [0.5, 0.6) is 0 Å². The van der Waals surface area contributed by atoms with Crippen LogP contribution in [0.2, 0.25) is 0 Å². The molecule has 3 aromatic rings. The smallest absolute Gasteiger partial charge is 0.254 e. The second-order valence-corrected chi connectivity index (χ2v) is 5.89. The molecule has 0 saturated carbocycles. The summed E-state index contributed by atoms with van der Waals surface area (Å²) >= 11 is 1.44. The van der Waals surface area contributed by atoms with E-state index in [9.17, 15) is 4.79 Å². The van der Waals surface area contributed by atoms with Crippen molar-refractivity contribution in [1.82, 2.24) is 24.5 Å². The number of anilines is 1. The monoisotopic (exact) mass is 340 g/mol. The summed E-state index contributed by atoms with van der Waals surface area (Å²) in [4.78, 5) is 22.9. The standard InChI is InChI=1S/C16H16N6OS/c1-3-6-21(7-4-2)16(23)11-9-12(17)22-13(10-11)19-14(20-22)15-18-5-8-24-15/h3-5,8-10H,1-2,6-7,17H2. The highest BCUT2D eigenvalue weighted by atomic mass is 32.1. The second-order valence-electron chi connectivity index (χ2n) is 5.00. The number of aromatic nitrogens is 4. The Morgan fingerprint density at radius 1 is 1.33 bits per heavy atom.